The van der Waals surface area contributed by atoms with Gasteiger partial charge in [-0.15, -0.1) is 0 Å². The molecule has 2 aromatic heterocycles. The second-order valence-corrected chi connectivity index (χ2v) is 12.9. The molecule has 9 heteroatoms. The maximum Gasteiger partial charge on any atom is 0.261 e. The molecule has 0 bridgehead atoms. The predicted octanol–water partition coefficient (Wildman–Crippen LogP) is 7.76. The van der Waals surface area contributed by atoms with E-state index in [9.17, 15) is 8.42 Å². The number of rotatable bonds is 8. The summed E-state index contributed by atoms with van der Waals surface area (Å²) >= 11 is 0. The van der Waals surface area contributed by atoms with Crippen LogP contribution in [-0.2, 0) is 15.4 Å². The maximum atomic E-state index is 12.9. The molecule has 2 heterocycles. The first-order valence-corrected chi connectivity index (χ1v) is 14.9. The van der Waals surface area contributed by atoms with Gasteiger partial charge in [0.15, 0.2) is 0 Å². The van der Waals surface area contributed by atoms with Gasteiger partial charge in [-0.05, 0) is 83.1 Å². The van der Waals surface area contributed by atoms with Crippen molar-refractivity contribution in [3.8, 4) is 22.8 Å². The lowest BCUT2D eigenvalue weighted by Gasteiger charge is -2.19. The maximum absolute atomic E-state index is 12.9. The van der Waals surface area contributed by atoms with E-state index in [-0.39, 0.29) is 10.3 Å². The van der Waals surface area contributed by atoms with E-state index in [4.69, 9.17) is 4.52 Å². The molecule has 0 spiro atoms. The Morgan fingerprint density at radius 1 is 0.805 bits per heavy atom. The van der Waals surface area contributed by atoms with Crippen LogP contribution in [0.5, 0.6) is 0 Å². The molecule has 0 fully saturated rings. The zero-order valence-electron chi connectivity index (χ0n) is 23.7. The second kappa shape index (κ2) is 11.2. The molecule has 210 valence electrons. The lowest BCUT2D eigenvalue weighted by Crippen LogP contribution is -2.14. The van der Waals surface area contributed by atoms with Gasteiger partial charge in [-0.3, -0.25) is 4.72 Å². The molecular weight excluding hydrogens is 534 g/mol. The summed E-state index contributed by atoms with van der Waals surface area (Å²) in [5, 5.41) is 7.45. The van der Waals surface area contributed by atoms with E-state index in [1.807, 2.05) is 36.4 Å². The topological polar surface area (TPSA) is 110 Å². The molecule has 41 heavy (non-hydrogen) atoms. The van der Waals surface area contributed by atoms with Crippen molar-refractivity contribution in [1.82, 2.24) is 15.1 Å². The SMILES string of the molecule is CC(C)c1ccc(Nc2cc(-c3noc(-c4ccc(NS(=O)(=O)c5ccc(C(C)(C)C)cc5)cc4)n3)ccn2)cc1. The number of pyridine rings is 1. The first kappa shape index (κ1) is 28.0. The molecule has 3 aromatic carbocycles. The van der Waals surface area contributed by atoms with Crippen LogP contribution >= 0.6 is 0 Å². The summed E-state index contributed by atoms with van der Waals surface area (Å²) in [5.41, 5.74) is 5.06. The Bertz CT molecular complexity index is 1740. The largest absolute Gasteiger partial charge is 0.340 e. The summed E-state index contributed by atoms with van der Waals surface area (Å²) in [4.78, 5) is 9.15. The monoisotopic (exact) mass is 567 g/mol. The second-order valence-electron chi connectivity index (χ2n) is 11.2. The van der Waals surface area contributed by atoms with Gasteiger partial charge in [0, 0.05) is 28.7 Å². The van der Waals surface area contributed by atoms with E-state index in [1.54, 1.807) is 42.6 Å². The van der Waals surface area contributed by atoms with Crippen molar-refractivity contribution < 1.29 is 12.9 Å². The number of nitrogens with zero attached hydrogens (tertiary/aromatic N) is 3. The number of hydrogen-bond acceptors (Lipinski definition) is 7. The molecule has 0 aliphatic rings. The summed E-state index contributed by atoms with van der Waals surface area (Å²) in [6, 6.07) is 25.7. The van der Waals surface area contributed by atoms with Gasteiger partial charge >= 0.3 is 0 Å². The molecule has 8 nitrogen and oxygen atoms in total. The third kappa shape index (κ3) is 6.63. The third-order valence-corrected chi connectivity index (χ3v) is 8.11. The number of benzene rings is 3. The van der Waals surface area contributed by atoms with Gasteiger partial charge in [0.2, 0.25) is 5.82 Å². The smallest absolute Gasteiger partial charge is 0.261 e. The number of sulfonamides is 1. The van der Waals surface area contributed by atoms with Crippen LogP contribution in [-0.4, -0.2) is 23.5 Å². The van der Waals surface area contributed by atoms with Crippen LogP contribution in [0.3, 0.4) is 0 Å². The Balaban J connectivity index is 1.27. The van der Waals surface area contributed by atoms with Gasteiger partial charge < -0.3 is 9.84 Å². The average Bonchev–Trinajstić information content (AvgIpc) is 3.44. The molecular formula is C32H33N5O3S. The molecule has 2 N–H and O–H groups in total. The van der Waals surface area contributed by atoms with Crippen molar-refractivity contribution in [2.24, 2.45) is 0 Å². The molecule has 5 rings (SSSR count). The highest BCUT2D eigenvalue weighted by atomic mass is 32.2. The van der Waals surface area contributed by atoms with Gasteiger partial charge in [0.1, 0.15) is 5.82 Å². The van der Waals surface area contributed by atoms with Gasteiger partial charge in [0.25, 0.3) is 15.9 Å². The van der Waals surface area contributed by atoms with Gasteiger partial charge in [0.05, 0.1) is 4.90 Å². The molecule has 0 saturated carbocycles. The van der Waals surface area contributed by atoms with Crippen LogP contribution < -0.4 is 10.0 Å². The van der Waals surface area contributed by atoms with Crippen molar-refractivity contribution in [2.45, 2.75) is 50.8 Å². The van der Waals surface area contributed by atoms with Gasteiger partial charge in [-0.2, -0.15) is 4.98 Å². The standard InChI is InChI=1S/C32H33N5O3S/c1-21(2)22-6-12-26(13-7-22)34-29-20-24(18-19-33-29)30-35-31(40-36-30)23-8-14-27(15-9-23)37-41(38,39)28-16-10-25(11-17-28)32(3,4)5/h6-21,37H,1-5H3,(H,33,34). The van der Waals surface area contributed by atoms with Crippen LogP contribution in [0.2, 0.25) is 0 Å². The normalized spacial score (nSPS) is 12.0. The Morgan fingerprint density at radius 3 is 2.10 bits per heavy atom. The molecule has 0 unspecified atom stereocenters. The van der Waals surface area contributed by atoms with Crippen molar-refractivity contribution in [3.63, 3.8) is 0 Å². The zero-order valence-corrected chi connectivity index (χ0v) is 24.5. The first-order chi connectivity index (χ1) is 19.5. The summed E-state index contributed by atoms with van der Waals surface area (Å²) < 4.78 is 33.9. The summed E-state index contributed by atoms with van der Waals surface area (Å²) in [6.45, 7) is 10.6. The minimum Gasteiger partial charge on any atom is -0.340 e. The van der Waals surface area contributed by atoms with Crippen molar-refractivity contribution in [3.05, 3.63) is 102 Å². The highest BCUT2D eigenvalue weighted by Crippen LogP contribution is 2.28. The lowest BCUT2D eigenvalue weighted by atomic mass is 9.87. The third-order valence-electron chi connectivity index (χ3n) is 6.71. The number of nitrogens with one attached hydrogen (secondary N) is 2. The van der Waals surface area contributed by atoms with Crippen LogP contribution in [0.25, 0.3) is 22.8 Å². The van der Waals surface area contributed by atoms with Gasteiger partial charge in [-0.1, -0.05) is 64.0 Å². The van der Waals surface area contributed by atoms with Crippen LogP contribution in [0, 0.1) is 0 Å². The molecule has 0 aliphatic carbocycles. The fourth-order valence-electron chi connectivity index (χ4n) is 4.22. The van der Waals surface area contributed by atoms with Crippen molar-refractivity contribution >= 4 is 27.2 Å². The summed E-state index contributed by atoms with van der Waals surface area (Å²) in [6.07, 6.45) is 1.69. The minimum absolute atomic E-state index is 0.0587. The van der Waals surface area contributed by atoms with E-state index >= 15 is 0 Å². The highest BCUT2D eigenvalue weighted by molar-refractivity contribution is 7.92. The Hall–Kier alpha value is -4.50. The number of hydrogen-bond donors (Lipinski definition) is 2. The number of aromatic nitrogens is 3. The molecule has 5 aromatic rings. The zero-order chi connectivity index (χ0) is 29.2. The van der Waals surface area contributed by atoms with E-state index in [0.717, 1.165) is 16.8 Å². The Morgan fingerprint density at radius 2 is 1.46 bits per heavy atom. The van der Waals surface area contributed by atoms with Crippen molar-refractivity contribution in [2.75, 3.05) is 10.0 Å². The summed E-state index contributed by atoms with van der Waals surface area (Å²) in [7, 11) is -3.73. The predicted molar refractivity (Wildman–Crippen MR) is 163 cm³/mol. The highest BCUT2D eigenvalue weighted by Gasteiger charge is 2.18. The van der Waals surface area contributed by atoms with Crippen LogP contribution in [0.15, 0.2) is 101 Å². The molecule has 0 radical (unpaired) electrons. The molecule has 0 amide bonds. The van der Waals surface area contributed by atoms with E-state index < -0.39 is 10.0 Å². The summed E-state index contributed by atoms with van der Waals surface area (Å²) in [5.74, 6) is 1.87. The van der Waals surface area contributed by atoms with E-state index in [1.165, 1.54) is 5.56 Å². The Kier molecular flexibility index (Phi) is 7.64. The van der Waals surface area contributed by atoms with Gasteiger partial charge in [-0.25, -0.2) is 13.4 Å². The molecule has 0 saturated heterocycles. The minimum atomic E-state index is -3.73. The first-order valence-electron chi connectivity index (χ1n) is 13.4. The van der Waals surface area contributed by atoms with E-state index in [2.05, 4.69) is 71.9 Å². The van der Waals surface area contributed by atoms with E-state index in [0.29, 0.717) is 34.7 Å². The quantitative estimate of drug-likeness (QED) is 0.197. The Labute approximate surface area is 240 Å². The van der Waals surface area contributed by atoms with Crippen molar-refractivity contribution in [1.29, 1.82) is 0 Å². The lowest BCUT2D eigenvalue weighted by molar-refractivity contribution is 0.432. The fraction of sp³-hybridized carbons (Fsp3) is 0.219. The fourth-order valence-corrected chi connectivity index (χ4v) is 5.28. The van der Waals surface area contributed by atoms with Crippen LogP contribution in [0.1, 0.15) is 51.7 Å². The molecule has 0 atom stereocenters. The average molecular weight is 568 g/mol. The van der Waals surface area contributed by atoms with Crippen LogP contribution in [0.4, 0.5) is 17.2 Å². The molecule has 0 aliphatic heterocycles. The number of anilines is 3.